The van der Waals surface area contributed by atoms with Gasteiger partial charge in [-0.25, -0.2) is 9.59 Å². The van der Waals surface area contributed by atoms with E-state index in [2.05, 4.69) is 4.90 Å². The Morgan fingerprint density at radius 3 is 2.31 bits per heavy atom. The molecule has 49 heavy (non-hydrogen) atoms. The van der Waals surface area contributed by atoms with Crippen LogP contribution in [-0.4, -0.2) is 119 Å². The molecule has 4 aliphatic rings. The van der Waals surface area contributed by atoms with E-state index >= 15 is 0 Å². The topological polar surface area (TPSA) is 129 Å². The van der Waals surface area contributed by atoms with Gasteiger partial charge >= 0.3 is 18.2 Å². The lowest BCUT2D eigenvalue weighted by molar-refractivity contribution is -0.151. The van der Waals surface area contributed by atoms with Crippen molar-refractivity contribution in [2.45, 2.75) is 122 Å². The third kappa shape index (κ3) is 12.4. The molecule has 3 aliphatic heterocycles. The number of carbonyl (C=O) groups is 3. The summed E-state index contributed by atoms with van der Waals surface area (Å²) >= 11 is 0. The van der Waals surface area contributed by atoms with Crippen molar-refractivity contribution < 1.29 is 38.8 Å². The highest BCUT2D eigenvalue weighted by Gasteiger charge is 2.31. The second-order valence-corrected chi connectivity index (χ2v) is 14.8. The van der Waals surface area contributed by atoms with Gasteiger partial charge in [-0.3, -0.25) is 9.69 Å². The van der Waals surface area contributed by atoms with Crippen LogP contribution in [0.1, 0.15) is 91.9 Å². The molecule has 0 aromatic carbocycles. The number of cyclic esters (lactones) is 1. The average Bonchev–Trinajstić information content (AvgIpc) is 3.34. The molecule has 0 bridgehead atoms. The number of aliphatic hydroxyl groups is 2. The van der Waals surface area contributed by atoms with Gasteiger partial charge in [0.05, 0.1) is 25.2 Å². The van der Waals surface area contributed by atoms with Gasteiger partial charge in [0.1, 0.15) is 12.2 Å². The van der Waals surface area contributed by atoms with Crippen molar-refractivity contribution in [3.8, 4) is 0 Å². The Morgan fingerprint density at radius 2 is 1.63 bits per heavy atom. The van der Waals surface area contributed by atoms with Crippen LogP contribution in [0.5, 0.6) is 0 Å². The maximum Gasteiger partial charge on any atom is 0.410 e. The van der Waals surface area contributed by atoms with Crippen LogP contribution in [0.2, 0.25) is 0 Å². The minimum atomic E-state index is -0.848. The van der Waals surface area contributed by atoms with Gasteiger partial charge in [0.15, 0.2) is 0 Å². The summed E-state index contributed by atoms with van der Waals surface area (Å²) in [5, 5.41) is 20.3. The molecule has 1 saturated carbocycles. The summed E-state index contributed by atoms with van der Waals surface area (Å²) in [5.41, 5.74) is 0.816. The predicted molar refractivity (Wildman–Crippen MR) is 188 cm³/mol. The fourth-order valence-electron chi connectivity index (χ4n) is 7.28. The molecular formula is C38H61N3O8. The number of allylic oxidation sites excluding steroid dienone is 2. The first-order valence-electron chi connectivity index (χ1n) is 18.7. The number of amides is 2. The number of aliphatic hydroxyl groups excluding tert-OH is 2. The van der Waals surface area contributed by atoms with E-state index in [9.17, 15) is 24.6 Å². The third-order valence-electron chi connectivity index (χ3n) is 10.5. The third-order valence-corrected chi connectivity index (χ3v) is 10.5. The van der Waals surface area contributed by atoms with Crippen molar-refractivity contribution in [1.29, 1.82) is 0 Å². The van der Waals surface area contributed by atoms with Crippen molar-refractivity contribution in [2.24, 2.45) is 17.8 Å². The van der Waals surface area contributed by atoms with Gasteiger partial charge < -0.3 is 34.2 Å². The first-order valence-corrected chi connectivity index (χ1v) is 18.7. The maximum atomic E-state index is 13.4. The number of likely N-dealkylation sites (tertiary alicyclic amines) is 1. The molecule has 3 heterocycles. The number of β-amino-alcohol motifs (C(OH)–C–C–N with tert-alkyl or cyclic N) is 1. The zero-order valence-electron chi connectivity index (χ0n) is 30.2. The summed E-state index contributed by atoms with van der Waals surface area (Å²) in [4.78, 5) is 44.4. The Morgan fingerprint density at radius 1 is 0.918 bits per heavy atom. The second-order valence-electron chi connectivity index (χ2n) is 14.8. The summed E-state index contributed by atoms with van der Waals surface area (Å²) in [6.45, 7) is 11.9. The van der Waals surface area contributed by atoms with Crippen molar-refractivity contribution in [3.63, 3.8) is 0 Å². The fraction of sp³-hybridized carbons (Fsp3) is 0.763. The lowest BCUT2D eigenvalue weighted by atomic mass is 9.92. The SMILES string of the molecule is C/C(=C\C=C\[C@@H](C)COC(=O)N1CC[C@@H](O)C1)[C@H]1OC(=O)C[C@H](O)CC[C@H](C)[C@@H](OC(=O)N2CCN(C3CCCCCC3)CC2)/C=C/[C@@H]1C. The molecule has 0 aromatic rings. The molecule has 3 fully saturated rings. The van der Waals surface area contributed by atoms with Crippen molar-refractivity contribution in [3.05, 3.63) is 36.0 Å². The smallest absolute Gasteiger partial charge is 0.410 e. The van der Waals surface area contributed by atoms with E-state index in [1.54, 1.807) is 0 Å². The van der Waals surface area contributed by atoms with Crippen LogP contribution in [0.25, 0.3) is 0 Å². The molecule has 7 atom stereocenters. The predicted octanol–water partition coefficient (Wildman–Crippen LogP) is 5.46. The number of hydrogen-bond donors (Lipinski definition) is 2. The Hall–Kier alpha value is -2.89. The molecule has 11 nitrogen and oxygen atoms in total. The Bertz CT molecular complexity index is 1160. The summed E-state index contributed by atoms with van der Waals surface area (Å²) < 4.78 is 17.4. The van der Waals surface area contributed by atoms with Crippen LogP contribution in [0.3, 0.4) is 0 Å². The van der Waals surface area contributed by atoms with Crippen LogP contribution in [0.4, 0.5) is 9.59 Å². The van der Waals surface area contributed by atoms with Gasteiger partial charge in [0.25, 0.3) is 0 Å². The largest absolute Gasteiger partial charge is 0.457 e. The molecule has 0 unspecified atom stereocenters. The molecule has 2 N–H and O–H groups in total. The van der Waals surface area contributed by atoms with E-state index in [0.717, 1.165) is 18.7 Å². The van der Waals surface area contributed by atoms with Gasteiger partial charge in [-0.05, 0) is 56.6 Å². The highest BCUT2D eigenvalue weighted by Crippen LogP contribution is 2.26. The maximum absolute atomic E-state index is 13.4. The average molecular weight is 688 g/mol. The number of hydrogen-bond acceptors (Lipinski definition) is 9. The number of rotatable bonds is 7. The zero-order chi connectivity index (χ0) is 35.3. The van der Waals surface area contributed by atoms with Gasteiger partial charge in [0.2, 0.25) is 0 Å². The molecule has 2 amide bonds. The van der Waals surface area contributed by atoms with E-state index in [0.29, 0.717) is 51.5 Å². The first kappa shape index (κ1) is 38.9. The van der Waals surface area contributed by atoms with E-state index in [1.165, 1.54) is 43.4 Å². The molecule has 4 rings (SSSR count). The zero-order valence-corrected chi connectivity index (χ0v) is 30.2. The number of ether oxygens (including phenoxy) is 3. The Labute approximate surface area is 293 Å². The number of carbonyl (C=O) groups excluding carboxylic acids is 3. The lowest BCUT2D eigenvalue weighted by Gasteiger charge is -2.39. The Kier molecular flexibility index (Phi) is 15.5. The molecule has 1 aliphatic carbocycles. The normalized spacial score (nSPS) is 31.7. The Balaban J connectivity index is 1.36. The van der Waals surface area contributed by atoms with Crippen LogP contribution in [-0.2, 0) is 19.0 Å². The van der Waals surface area contributed by atoms with Gasteiger partial charge in [-0.2, -0.15) is 0 Å². The standard InChI is InChI=1S/C38H61N3O8/c1-27(26-47-37(45)41-19-18-33(43)25-41)10-9-11-29(3)36-30(4)15-17-34(28(2)14-16-32(42)24-35(44)49-36)48-38(46)40-22-20-39(21-23-40)31-12-7-5-6-8-13-31/h9-11,15,17,27-28,30-34,36,42-43H,5-8,12-14,16,18-26H2,1-4H3/b10-9+,17-15+,29-11+/t27-,28+,30+,32-,33-,34+,36-/m1/s1. The monoisotopic (exact) mass is 687 g/mol. The van der Waals surface area contributed by atoms with Crippen molar-refractivity contribution >= 4 is 18.2 Å². The van der Waals surface area contributed by atoms with Crippen molar-refractivity contribution in [2.75, 3.05) is 45.9 Å². The van der Waals surface area contributed by atoms with Crippen LogP contribution in [0, 0.1) is 17.8 Å². The summed E-state index contributed by atoms with van der Waals surface area (Å²) in [6.07, 6.45) is 15.6. The molecule has 276 valence electrons. The highest BCUT2D eigenvalue weighted by atomic mass is 16.6. The number of piperazine rings is 1. The quantitative estimate of drug-likeness (QED) is 0.118. The van der Waals surface area contributed by atoms with Gasteiger partial charge in [-0.1, -0.05) is 70.8 Å². The molecule has 0 spiro atoms. The van der Waals surface area contributed by atoms with Gasteiger partial charge in [-0.15, -0.1) is 0 Å². The molecule has 11 heteroatoms. The fourth-order valence-corrected chi connectivity index (χ4v) is 7.28. The molecular weight excluding hydrogens is 626 g/mol. The molecule has 2 saturated heterocycles. The molecule has 0 aromatic heterocycles. The summed E-state index contributed by atoms with van der Waals surface area (Å²) in [7, 11) is 0. The molecule has 0 radical (unpaired) electrons. The lowest BCUT2D eigenvalue weighted by Crippen LogP contribution is -2.52. The van der Waals surface area contributed by atoms with Crippen LogP contribution >= 0.6 is 0 Å². The summed E-state index contributed by atoms with van der Waals surface area (Å²) in [5.74, 6) is -0.783. The van der Waals surface area contributed by atoms with Gasteiger partial charge in [0, 0.05) is 57.1 Å². The highest BCUT2D eigenvalue weighted by molar-refractivity contribution is 5.70. The van der Waals surface area contributed by atoms with E-state index in [-0.39, 0.29) is 36.9 Å². The first-order chi connectivity index (χ1) is 23.5. The van der Waals surface area contributed by atoms with E-state index in [1.807, 2.05) is 63.0 Å². The van der Waals surface area contributed by atoms with Crippen molar-refractivity contribution in [1.82, 2.24) is 14.7 Å². The summed E-state index contributed by atoms with van der Waals surface area (Å²) in [6, 6.07) is 0.627. The number of esters is 1. The number of nitrogens with zero attached hydrogens (tertiary/aromatic N) is 3. The minimum Gasteiger partial charge on any atom is -0.457 e. The minimum absolute atomic E-state index is 0.0473. The van der Waals surface area contributed by atoms with Crippen LogP contribution < -0.4 is 0 Å². The van der Waals surface area contributed by atoms with Crippen LogP contribution in [0.15, 0.2) is 36.0 Å². The van der Waals surface area contributed by atoms with E-state index in [4.69, 9.17) is 14.2 Å². The second kappa shape index (κ2) is 19.5. The van der Waals surface area contributed by atoms with E-state index < -0.39 is 36.5 Å².